The predicted molar refractivity (Wildman–Crippen MR) is 176 cm³/mol. The topological polar surface area (TPSA) is 107 Å². The molecule has 4 aromatic rings. The maximum atomic E-state index is 13.7. The maximum Gasteiger partial charge on any atom is 0.264 e. The average Bonchev–Trinajstić information content (AvgIpc) is 3.00. The van der Waals surface area contributed by atoms with Crippen molar-refractivity contribution in [3.63, 3.8) is 0 Å². The van der Waals surface area contributed by atoms with Gasteiger partial charge in [0.05, 0.1) is 35.0 Å². The Hall–Kier alpha value is -3.77. The number of hydrazone groups is 1. The lowest BCUT2D eigenvalue weighted by atomic mass is 10.2. The number of halogens is 3. The van der Waals surface area contributed by atoms with Gasteiger partial charge in [0, 0.05) is 10.0 Å². The fraction of sp³-hybridized carbons (Fsp3) is 0.161. The van der Waals surface area contributed by atoms with Crippen LogP contribution in [0.2, 0.25) is 10.0 Å². The Morgan fingerprint density at radius 2 is 1.61 bits per heavy atom. The molecule has 1 N–H and O–H groups in total. The molecule has 230 valence electrons. The zero-order valence-corrected chi connectivity index (χ0v) is 27.6. The number of methoxy groups -OCH3 is 1. The minimum absolute atomic E-state index is 0.0418. The van der Waals surface area contributed by atoms with E-state index in [-0.39, 0.29) is 17.2 Å². The van der Waals surface area contributed by atoms with Gasteiger partial charge in [-0.1, -0.05) is 47.5 Å². The highest BCUT2D eigenvalue weighted by Crippen LogP contribution is 2.37. The van der Waals surface area contributed by atoms with Crippen molar-refractivity contribution in [3.8, 4) is 17.2 Å². The molecule has 13 heteroatoms. The lowest BCUT2D eigenvalue weighted by Crippen LogP contribution is -2.39. The van der Waals surface area contributed by atoms with Crippen molar-refractivity contribution < 1.29 is 27.4 Å². The van der Waals surface area contributed by atoms with Crippen LogP contribution in [0.5, 0.6) is 17.2 Å². The van der Waals surface area contributed by atoms with Gasteiger partial charge in [-0.15, -0.1) is 0 Å². The van der Waals surface area contributed by atoms with Gasteiger partial charge in [-0.2, -0.15) is 5.10 Å². The Labute approximate surface area is 274 Å². The molecule has 0 aromatic heterocycles. The molecular formula is C31H28BrCl2N3O6S. The van der Waals surface area contributed by atoms with Gasteiger partial charge >= 0.3 is 0 Å². The van der Waals surface area contributed by atoms with Crippen LogP contribution in [0.15, 0.2) is 99.4 Å². The van der Waals surface area contributed by atoms with Crippen LogP contribution in [-0.2, 0) is 21.4 Å². The minimum atomic E-state index is -4.19. The van der Waals surface area contributed by atoms with Crippen LogP contribution in [-0.4, -0.2) is 40.8 Å². The first-order valence-electron chi connectivity index (χ1n) is 13.2. The third-order valence-electron chi connectivity index (χ3n) is 6.07. The number of rotatable bonds is 13. The summed E-state index contributed by atoms with van der Waals surface area (Å²) in [7, 11) is -2.68. The highest BCUT2D eigenvalue weighted by molar-refractivity contribution is 9.10. The lowest BCUT2D eigenvalue weighted by Gasteiger charge is -2.25. The van der Waals surface area contributed by atoms with Crippen LogP contribution in [0.3, 0.4) is 0 Å². The van der Waals surface area contributed by atoms with Crippen molar-refractivity contribution in [2.45, 2.75) is 18.4 Å². The number of carbonyl (C=O) groups is 1. The Bertz CT molecular complexity index is 1740. The van der Waals surface area contributed by atoms with Crippen molar-refractivity contribution in [2.75, 3.05) is 24.6 Å². The molecule has 0 bridgehead atoms. The highest BCUT2D eigenvalue weighted by atomic mass is 79.9. The van der Waals surface area contributed by atoms with Crippen LogP contribution < -0.4 is 23.9 Å². The first kappa shape index (κ1) is 33.1. The number of carbonyl (C=O) groups excluding carboxylic acids is 1. The molecule has 0 saturated heterocycles. The summed E-state index contributed by atoms with van der Waals surface area (Å²) in [6, 6.07) is 23.0. The Morgan fingerprint density at radius 1 is 0.955 bits per heavy atom. The molecule has 0 saturated carbocycles. The predicted octanol–water partition coefficient (Wildman–Crippen LogP) is 7.09. The number of sulfonamides is 1. The lowest BCUT2D eigenvalue weighted by molar-refractivity contribution is -0.119. The van der Waals surface area contributed by atoms with Gasteiger partial charge in [0.15, 0.2) is 11.5 Å². The largest absolute Gasteiger partial charge is 0.493 e. The third kappa shape index (κ3) is 8.44. The van der Waals surface area contributed by atoms with Crippen LogP contribution in [0.25, 0.3) is 0 Å². The van der Waals surface area contributed by atoms with Gasteiger partial charge < -0.3 is 14.2 Å². The molecule has 1 amide bonds. The quantitative estimate of drug-likeness (QED) is 0.117. The van der Waals surface area contributed by atoms with Gasteiger partial charge in [0.25, 0.3) is 15.9 Å². The number of hydrogen-bond donors (Lipinski definition) is 1. The number of amides is 1. The van der Waals surface area contributed by atoms with E-state index in [0.717, 1.165) is 9.87 Å². The zero-order chi connectivity index (χ0) is 31.7. The molecule has 0 aliphatic rings. The fourth-order valence-electron chi connectivity index (χ4n) is 4.01. The smallest absolute Gasteiger partial charge is 0.264 e. The molecule has 4 rings (SSSR count). The van der Waals surface area contributed by atoms with E-state index in [4.69, 9.17) is 37.4 Å². The molecule has 9 nitrogen and oxygen atoms in total. The number of nitrogens with zero attached hydrogens (tertiary/aromatic N) is 2. The molecule has 0 aliphatic heterocycles. The first-order chi connectivity index (χ1) is 21.1. The summed E-state index contributed by atoms with van der Waals surface area (Å²) in [5.74, 6) is 0.548. The summed E-state index contributed by atoms with van der Waals surface area (Å²) in [5.41, 5.74) is 4.11. The van der Waals surface area contributed by atoms with Crippen LogP contribution in [0.1, 0.15) is 18.1 Å². The van der Waals surface area contributed by atoms with Gasteiger partial charge in [-0.05, 0) is 94.6 Å². The standard InChI is InChI=1S/C31H28BrCl2N3O6S/c1-3-42-28-7-5-4-6-27(28)37(44(39,40)25-14-12-24(34)13-15-25)19-30(38)36-35-18-22-16-26(32)31(29(17-22)41-2)43-20-21-8-10-23(33)11-9-21/h4-18H,3,19-20H2,1-2H3,(H,36,38)/b35-18-. The van der Waals surface area contributed by atoms with Crippen molar-refractivity contribution in [1.82, 2.24) is 5.43 Å². The van der Waals surface area contributed by atoms with E-state index in [1.807, 2.05) is 12.1 Å². The second kappa shape index (κ2) is 15.3. The number of para-hydroxylation sites is 2. The molecule has 4 aromatic carbocycles. The first-order valence-corrected chi connectivity index (χ1v) is 16.2. The molecule has 0 spiro atoms. The third-order valence-corrected chi connectivity index (χ3v) is 8.94. The highest BCUT2D eigenvalue weighted by Gasteiger charge is 2.29. The van der Waals surface area contributed by atoms with Crippen LogP contribution in [0, 0.1) is 0 Å². The fourth-order valence-corrected chi connectivity index (χ4v) is 6.27. The van der Waals surface area contributed by atoms with E-state index in [1.54, 1.807) is 55.5 Å². The van der Waals surface area contributed by atoms with Crippen molar-refractivity contribution in [1.29, 1.82) is 0 Å². The van der Waals surface area contributed by atoms with E-state index in [1.165, 1.54) is 37.6 Å². The summed E-state index contributed by atoms with van der Waals surface area (Å²) in [5, 5.41) is 5.05. The van der Waals surface area contributed by atoms with E-state index >= 15 is 0 Å². The van der Waals surface area contributed by atoms with E-state index < -0.39 is 22.5 Å². The van der Waals surface area contributed by atoms with Crippen molar-refractivity contribution in [2.24, 2.45) is 5.10 Å². The number of ether oxygens (including phenoxy) is 3. The summed E-state index contributed by atoms with van der Waals surface area (Å²) in [6.45, 7) is 1.79. The summed E-state index contributed by atoms with van der Waals surface area (Å²) in [4.78, 5) is 13.0. The molecule has 0 radical (unpaired) electrons. The normalized spacial score (nSPS) is 11.3. The average molecular weight is 721 g/mol. The summed E-state index contributed by atoms with van der Waals surface area (Å²) >= 11 is 15.4. The van der Waals surface area contributed by atoms with Gasteiger partial charge in [0.1, 0.15) is 18.9 Å². The number of benzene rings is 4. The molecule has 0 aliphatic carbocycles. The molecular weight excluding hydrogens is 693 g/mol. The van der Waals surface area contributed by atoms with Crippen molar-refractivity contribution >= 4 is 67.0 Å². The van der Waals surface area contributed by atoms with Gasteiger partial charge in [0.2, 0.25) is 0 Å². The number of anilines is 1. The zero-order valence-electron chi connectivity index (χ0n) is 23.7. The van der Waals surface area contributed by atoms with Gasteiger partial charge in [-0.3, -0.25) is 9.10 Å². The molecule has 0 unspecified atom stereocenters. The monoisotopic (exact) mass is 719 g/mol. The Morgan fingerprint density at radius 3 is 2.27 bits per heavy atom. The Kier molecular flexibility index (Phi) is 11.5. The van der Waals surface area contributed by atoms with E-state index in [2.05, 4.69) is 26.5 Å². The van der Waals surface area contributed by atoms with Crippen LogP contribution >= 0.6 is 39.1 Å². The second-order valence-corrected chi connectivity index (χ2v) is 12.7. The SMILES string of the molecule is CCOc1ccccc1N(CC(=O)N/N=C\c1cc(Br)c(OCc2ccc(Cl)cc2)c(OC)c1)S(=O)(=O)c1ccc(Cl)cc1. The molecule has 0 fully saturated rings. The summed E-state index contributed by atoms with van der Waals surface area (Å²) in [6.07, 6.45) is 1.40. The summed E-state index contributed by atoms with van der Waals surface area (Å²) < 4.78 is 46.1. The minimum Gasteiger partial charge on any atom is -0.493 e. The van der Waals surface area contributed by atoms with Crippen LogP contribution in [0.4, 0.5) is 5.69 Å². The molecule has 44 heavy (non-hydrogen) atoms. The molecule has 0 atom stereocenters. The van der Waals surface area contributed by atoms with E-state index in [9.17, 15) is 13.2 Å². The number of nitrogens with one attached hydrogen (secondary N) is 1. The van der Waals surface area contributed by atoms with E-state index in [0.29, 0.717) is 43.9 Å². The van der Waals surface area contributed by atoms with Crippen molar-refractivity contribution in [3.05, 3.63) is 111 Å². The maximum absolute atomic E-state index is 13.7. The number of hydrogen-bond acceptors (Lipinski definition) is 7. The van der Waals surface area contributed by atoms with Gasteiger partial charge in [-0.25, -0.2) is 13.8 Å². The second-order valence-electron chi connectivity index (χ2n) is 9.11. The Balaban J connectivity index is 1.52. The molecule has 0 heterocycles.